The maximum Gasteiger partial charge on any atom is 0.152 e. The van der Waals surface area contributed by atoms with Gasteiger partial charge >= 0.3 is 0 Å². The smallest absolute Gasteiger partial charge is 0.152 e. The molecule has 0 spiro atoms. The van der Waals surface area contributed by atoms with Gasteiger partial charge in [0.1, 0.15) is 6.33 Å². The van der Waals surface area contributed by atoms with E-state index in [1.54, 1.807) is 12.5 Å². The van der Waals surface area contributed by atoms with Gasteiger partial charge in [-0.05, 0) is 24.3 Å². The van der Waals surface area contributed by atoms with Gasteiger partial charge in [0.15, 0.2) is 5.82 Å². The maximum atomic E-state index is 5.84. The number of alkyl halides is 1. The summed E-state index contributed by atoms with van der Waals surface area (Å²) in [6, 6.07) is 9.88. The van der Waals surface area contributed by atoms with Crippen molar-refractivity contribution in [3.8, 4) is 5.69 Å². The van der Waals surface area contributed by atoms with E-state index in [9.17, 15) is 0 Å². The minimum Gasteiger partial charge on any atom is -0.284 e. The van der Waals surface area contributed by atoms with E-state index in [4.69, 9.17) is 11.6 Å². The number of hydrogen-bond acceptors (Lipinski definition) is 3. The van der Waals surface area contributed by atoms with Gasteiger partial charge in [-0.3, -0.25) is 9.55 Å². The topological polar surface area (TPSA) is 43.6 Å². The van der Waals surface area contributed by atoms with E-state index in [2.05, 4.69) is 15.2 Å². The van der Waals surface area contributed by atoms with Gasteiger partial charge in [-0.15, -0.1) is 21.8 Å². The van der Waals surface area contributed by atoms with Gasteiger partial charge in [-0.2, -0.15) is 0 Å². The van der Waals surface area contributed by atoms with Crippen LogP contribution >= 0.6 is 11.6 Å². The third-order valence-corrected chi connectivity index (χ3v) is 2.86. The highest BCUT2D eigenvalue weighted by atomic mass is 35.5. The monoisotopic (exact) mass is 244 g/mol. The molecule has 0 saturated carbocycles. The summed E-state index contributed by atoms with van der Waals surface area (Å²) in [5, 5.41) is 8.92. The summed E-state index contributed by atoms with van der Waals surface area (Å²) in [5.74, 6) is 1.06. The molecule has 0 aliphatic rings. The van der Waals surface area contributed by atoms with Crippen LogP contribution in [0.15, 0.2) is 42.9 Å². The molecule has 17 heavy (non-hydrogen) atoms. The lowest BCUT2D eigenvalue weighted by atomic mass is 10.2. The molecule has 0 N–H and O–H groups in total. The van der Waals surface area contributed by atoms with E-state index in [0.29, 0.717) is 5.88 Å². The van der Waals surface area contributed by atoms with Crippen LogP contribution in [0.1, 0.15) is 5.82 Å². The SMILES string of the molecule is ClCc1nncn1-c1cccc2ncccc12. The van der Waals surface area contributed by atoms with Crippen molar-refractivity contribution in [2.75, 3.05) is 0 Å². The van der Waals surface area contributed by atoms with Crippen LogP contribution in [0.4, 0.5) is 0 Å². The highest BCUT2D eigenvalue weighted by Gasteiger charge is 2.08. The Morgan fingerprint density at radius 2 is 2.12 bits per heavy atom. The molecule has 0 fully saturated rings. The molecule has 5 heteroatoms. The van der Waals surface area contributed by atoms with Crippen molar-refractivity contribution in [3.63, 3.8) is 0 Å². The van der Waals surface area contributed by atoms with Crippen LogP contribution < -0.4 is 0 Å². The number of nitrogens with zero attached hydrogens (tertiary/aromatic N) is 4. The molecule has 3 rings (SSSR count). The number of hydrogen-bond donors (Lipinski definition) is 0. The maximum absolute atomic E-state index is 5.84. The molecular formula is C12H9ClN4. The largest absolute Gasteiger partial charge is 0.284 e. The quantitative estimate of drug-likeness (QED) is 0.651. The third-order valence-electron chi connectivity index (χ3n) is 2.62. The minimum absolute atomic E-state index is 0.330. The molecule has 0 radical (unpaired) electrons. The first kappa shape index (κ1) is 10.2. The summed E-state index contributed by atoms with van der Waals surface area (Å²) in [6.07, 6.45) is 3.44. The molecular weight excluding hydrogens is 236 g/mol. The van der Waals surface area contributed by atoms with Gasteiger partial charge in [0.2, 0.25) is 0 Å². The van der Waals surface area contributed by atoms with Crippen LogP contribution in [0.3, 0.4) is 0 Å². The minimum atomic E-state index is 0.330. The number of benzene rings is 1. The fourth-order valence-electron chi connectivity index (χ4n) is 1.85. The molecule has 0 aliphatic heterocycles. The standard InChI is InChI=1S/C12H9ClN4/c13-7-12-16-15-8-17(12)11-5-1-4-10-9(11)3-2-6-14-10/h1-6,8H,7H2. The Hall–Kier alpha value is -1.94. The highest BCUT2D eigenvalue weighted by Crippen LogP contribution is 2.21. The van der Waals surface area contributed by atoms with Crippen LogP contribution in [-0.2, 0) is 5.88 Å². The Labute approximate surface area is 103 Å². The van der Waals surface area contributed by atoms with E-state index in [1.807, 2.05) is 34.9 Å². The summed E-state index contributed by atoms with van der Waals surface area (Å²) in [5.41, 5.74) is 1.94. The molecule has 0 atom stereocenters. The van der Waals surface area contributed by atoms with Crippen molar-refractivity contribution in [3.05, 3.63) is 48.7 Å². The summed E-state index contributed by atoms with van der Waals surface area (Å²) < 4.78 is 1.89. The molecule has 0 amide bonds. The second-order valence-electron chi connectivity index (χ2n) is 3.60. The van der Waals surface area contributed by atoms with Crippen LogP contribution in [0.2, 0.25) is 0 Å². The molecule has 0 bridgehead atoms. The fourth-order valence-corrected chi connectivity index (χ4v) is 2.03. The van der Waals surface area contributed by atoms with E-state index in [1.165, 1.54) is 0 Å². The third kappa shape index (κ3) is 1.66. The van der Waals surface area contributed by atoms with Gasteiger partial charge in [0.25, 0.3) is 0 Å². The first-order valence-corrected chi connectivity index (χ1v) is 5.72. The average molecular weight is 245 g/mol. The van der Waals surface area contributed by atoms with Crippen molar-refractivity contribution in [1.29, 1.82) is 0 Å². The Kier molecular flexibility index (Phi) is 2.49. The van der Waals surface area contributed by atoms with Crippen molar-refractivity contribution < 1.29 is 0 Å². The van der Waals surface area contributed by atoms with Gasteiger partial charge < -0.3 is 0 Å². The second-order valence-corrected chi connectivity index (χ2v) is 3.87. The van der Waals surface area contributed by atoms with Crippen LogP contribution in [-0.4, -0.2) is 19.7 Å². The summed E-state index contributed by atoms with van der Waals surface area (Å²) in [7, 11) is 0. The number of halogens is 1. The summed E-state index contributed by atoms with van der Waals surface area (Å²) in [4.78, 5) is 4.32. The van der Waals surface area contributed by atoms with Crippen molar-refractivity contribution in [2.24, 2.45) is 0 Å². The zero-order chi connectivity index (χ0) is 11.7. The predicted octanol–water partition coefficient (Wildman–Crippen LogP) is 2.55. The van der Waals surface area contributed by atoms with Crippen molar-refractivity contribution >= 4 is 22.5 Å². The Morgan fingerprint density at radius 3 is 3.00 bits per heavy atom. The van der Waals surface area contributed by atoms with E-state index < -0.39 is 0 Å². The highest BCUT2D eigenvalue weighted by molar-refractivity contribution is 6.16. The number of rotatable bonds is 2. The molecule has 84 valence electrons. The van der Waals surface area contributed by atoms with Crippen molar-refractivity contribution in [1.82, 2.24) is 19.7 Å². The molecule has 0 aliphatic carbocycles. The average Bonchev–Trinajstić information content (AvgIpc) is 2.86. The van der Waals surface area contributed by atoms with Gasteiger partial charge in [-0.1, -0.05) is 6.07 Å². The Bertz CT molecular complexity index is 657. The zero-order valence-electron chi connectivity index (χ0n) is 8.92. The number of aromatic nitrogens is 4. The molecule has 2 aromatic heterocycles. The van der Waals surface area contributed by atoms with Gasteiger partial charge in [0, 0.05) is 11.6 Å². The fraction of sp³-hybridized carbons (Fsp3) is 0.0833. The lowest BCUT2D eigenvalue weighted by Crippen LogP contribution is -1.99. The Morgan fingerprint density at radius 1 is 1.18 bits per heavy atom. The van der Waals surface area contributed by atoms with Crippen molar-refractivity contribution in [2.45, 2.75) is 5.88 Å². The molecule has 4 nitrogen and oxygen atoms in total. The molecule has 2 heterocycles. The van der Waals surface area contributed by atoms with Gasteiger partial charge in [0.05, 0.1) is 17.1 Å². The van der Waals surface area contributed by atoms with Gasteiger partial charge in [-0.25, -0.2) is 0 Å². The second kappa shape index (κ2) is 4.14. The molecule has 0 saturated heterocycles. The van der Waals surface area contributed by atoms with E-state index in [0.717, 1.165) is 22.4 Å². The molecule has 3 aromatic rings. The van der Waals surface area contributed by atoms with E-state index in [-0.39, 0.29) is 0 Å². The predicted molar refractivity (Wildman–Crippen MR) is 66.2 cm³/mol. The van der Waals surface area contributed by atoms with E-state index >= 15 is 0 Å². The molecule has 0 unspecified atom stereocenters. The molecule has 1 aromatic carbocycles. The first-order valence-electron chi connectivity index (χ1n) is 5.19. The normalized spacial score (nSPS) is 10.9. The lowest BCUT2D eigenvalue weighted by Gasteiger charge is -2.07. The number of fused-ring (bicyclic) bond motifs is 1. The Balaban J connectivity index is 2.31. The first-order chi connectivity index (χ1) is 8.40. The number of pyridine rings is 1. The van der Waals surface area contributed by atoms with Crippen LogP contribution in [0.5, 0.6) is 0 Å². The summed E-state index contributed by atoms with van der Waals surface area (Å²) in [6.45, 7) is 0. The zero-order valence-corrected chi connectivity index (χ0v) is 9.67. The van der Waals surface area contributed by atoms with Crippen LogP contribution in [0, 0.1) is 0 Å². The summed E-state index contributed by atoms with van der Waals surface area (Å²) >= 11 is 5.84. The van der Waals surface area contributed by atoms with Crippen LogP contribution in [0.25, 0.3) is 16.6 Å². The lowest BCUT2D eigenvalue weighted by molar-refractivity contribution is 0.956.